The molecule has 0 aromatic carbocycles. The van der Waals surface area contributed by atoms with Crippen LogP contribution in [0, 0.1) is 0 Å². The maximum Gasteiger partial charge on any atom is 0.305 e. The molecule has 0 aliphatic rings. The minimum atomic E-state index is -1.01. The van der Waals surface area contributed by atoms with Crippen LogP contribution in [-0.4, -0.2) is 46.7 Å². The van der Waals surface area contributed by atoms with Gasteiger partial charge < -0.3 is 20.1 Å². The van der Waals surface area contributed by atoms with Gasteiger partial charge in [-0.15, -0.1) is 0 Å². The third-order valence-electron chi connectivity index (χ3n) is 3.21. The minimum Gasteiger partial charge on any atom is -0.463 e. The first kappa shape index (κ1) is 19.4. The second-order valence-corrected chi connectivity index (χ2v) is 5.27. The first-order valence-corrected chi connectivity index (χ1v) is 7.72. The van der Waals surface area contributed by atoms with Gasteiger partial charge in [-0.05, 0) is 19.3 Å². The quantitative estimate of drug-likeness (QED) is 0.355. The smallest absolute Gasteiger partial charge is 0.305 e. The average Bonchev–Trinajstić information content (AvgIpc) is 2.44. The molecule has 0 aromatic rings. The number of rotatable bonds is 13. The van der Waals surface area contributed by atoms with Gasteiger partial charge in [0.15, 0.2) is 0 Å². The van der Waals surface area contributed by atoms with Gasteiger partial charge in [0.05, 0.1) is 12.7 Å². The highest BCUT2D eigenvalue weighted by molar-refractivity contribution is 5.69. The van der Waals surface area contributed by atoms with Crippen LogP contribution in [0.25, 0.3) is 0 Å². The van der Waals surface area contributed by atoms with E-state index < -0.39 is 18.7 Å². The fourth-order valence-corrected chi connectivity index (χ4v) is 1.92. The van der Waals surface area contributed by atoms with Crippen molar-refractivity contribution >= 4 is 5.97 Å². The molecule has 0 amide bonds. The number of esters is 1. The third kappa shape index (κ3) is 12.4. The van der Waals surface area contributed by atoms with E-state index in [9.17, 15) is 9.90 Å². The molecule has 0 saturated carbocycles. The molecule has 0 aliphatic heterocycles. The summed E-state index contributed by atoms with van der Waals surface area (Å²) < 4.78 is 4.77. The summed E-state index contributed by atoms with van der Waals surface area (Å²) in [7, 11) is 0. The Morgan fingerprint density at radius 1 is 1.00 bits per heavy atom. The molecule has 3 N–H and O–H groups in total. The van der Waals surface area contributed by atoms with Crippen LogP contribution in [-0.2, 0) is 9.53 Å². The molecule has 0 aliphatic carbocycles. The van der Waals surface area contributed by atoms with E-state index in [1.54, 1.807) is 0 Å². The molecule has 20 heavy (non-hydrogen) atoms. The van der Waals surface area contributed by atoms with E-state index in [1.807, 2.05) is 0 Å². The minimum absolute atomic E-state index is 0.171. The van der Waals surface area contributed by atoms with Crippen molar-refractivity contribution in [3.05, 3.63) is 0 Å². The summed E-state index contributed by atoms with van der Waals surface area (Å²) in [5.41, 5.74) is 0. The van der Waals surface area contributed by atoms with Crippen molar-refractivity contribution < 1.29 is 24.9 Å². The zero-order valence-corrected chi connectivity index (χ0v) is 12.6. The number of unbranched alkanes of at least 4 members (excludes halogenated alkanes) is 4. The molecule has 0 fully saturated rings. The molecule has 0 rings (SSSR count). The second-order valence-electron chi connectivity index (χ2n) is 5.27. The number of ether oxygens (including phenoxy) is 1. The van der Waals surface area contributed by atoms with E-state index in [0.717, 1.165) is 19.3 Å². The molecule has 0 radical (unpaired) electrons. The normalized spacial score (nSPS) is 14.0. The lowest BCUT2D eigenvalue weighted by Crippen LogP contribution is -2.22. The first-order chi connectivity index (χ1) is 9.60. The maximum atomic E-state index is 11.3. The molecule has 120 valence electrons. The van der Waals surface area contributed by atoms with Crippen LogP contribution in [0.1, 0.15) is 64.7 Å². The molecule has 0 bridgehead atoms. The summed E-state index contributed by atoms with van der Waals surface area (Å²) in [6, 6.07) is 0. The largest absolute Gasteiger partial charge is 0.463 e. The lowest BCUT2D eigenvalue weighted by molar-refractivity contribution is -0.147. The Morgan fingerprint density at radius 3 is 2.30 bits per heavy atom. The average molecular weight is 290 g/mol. The van der Waals surface area contributed by atoms with Crippen LogP contribution in [0.3, 0.4) is 0 Å². The number of aliphatic hydroxyl groups is 3. The Labute approximate surface area is 122 Å². The van der Waals surface area contributed by atoms with Crippen LogP contribution >= 0.6 is 0 Å². The van der Waals surface area contributed by atoms with Gasteiger partial charge in [0.1, 0.15) is 12.7 Å². The van der Waals surface area contributed by atoms with E-state index in [0.29, 0.717) is 12.8 Å². The summed E-state index contributed by atoms with van der Waals surface area (Å²) in [5.74, 6) is -0.396. The zero-order valence-electron chi connectivity index (χ0n) is 12.6. The van der Waals surface area contributed by atoms with Gasteiger partial charge in [0.2, 0.25) is 0 Å². The number of carbonyl (C=O) groups is 1. The molecular formula is C15H30O5. The molecule has 5 heteroatoms. The number of aliphatic hydroxyl groups excluding tert-OH is 3. The molecular weight excluding hydrogens is 260 g/mol. The van der Waals surface area contributed by atoms with Crippen molar-refractivity contribution in [1.82, 2.24) is 0 Å². The molecule has 0 unspecified atom stereocenters. The summed E-state index contributed by atoms with van der Waals surface area (Å²) in [6.07, 6.45) is 6.77. The van der Waals surface area contributed by atoms with Gasteiger partial charge in [-0.25, -0.2) is 0 Å². The fraction of sp³-hybridized carbons (Fsp3) is 0.933. The summed E-state index contributed by atoms with van der Waals surface area (Å²) in [6.45, 7) is 1.59. The van der Waals surface area contributed by atoms with Crippen molar-refractivity contribution in [2.45, 2.75) is 76.9 Å². The molecule has 0 saturated heterocycles. The standard InChI is InChI=1S/C15H30O5/c1-2-3-4-5-6-8-13(17)9-7-10-15(19)20-12-14(18)11-16/h13-14,16-18H,2-12H2,1H3/t13-,14-/m0/s1. The lowest BCUT2D eigenvalue weighted by atomic mass is 10.0. The number of hydrogen-bond acceptors (Lipinski definition) is 5. The zero-order chi connectivity index (χ0) is 15.2. The molecule has 0 spiro atoms. The van der Waals surface area contributed by atoms with Crippen LogP contribution in [0.4, 0.5) is 0 Å². The van der Waals surface area contributed by atoms with Gasteiger partial charge in [-0.2, -0.15) is 0 Å². The van der Waals surface area contributed by atoms with E-state index in [2.05, 4.69) is 6.92 Å². The van der Waals surface area contributed by atoms with E-state index in [1.165, 1.54) is 19.3 Å². The van der Waals surface area contributed by atoms with E-state index >= 15 is 0 Å². The van der Waals surface area contributed by atoms with Crippen LogP contribution < -0.4 is 0 Å². The van der Waals surface area contributed by atoms with Crippen LogP contribution in [0.2, 0.25) is 0 Å². The van der Waals surface area contributed by atoms with Crippen molar-refractivity contribution in [3.8, 4) is 0 Å². The highest BCUT2D eigenvalue weighted by Gasteiger charge is 2.09. The Balaban J connectivity index is 3.41. The Morgan fingerprint density at radius 2 is 1.65 bits per heavy atom. The molecule has 2 atom stereocenters. The topological polar surface area (TPSA) is 87.0 Å². The highest BCUT2D eigenvalue weighted by atomic mass is 16.5. The number of hydrogen-bond donors (Lipinski definition) is 3. The molecule has 5 nitrogen and oxygen atoms in total. The second kappa shape index (κ2) is 13.3. The van der Waals surface area contributed by atoms with Gasteiger partial charge in [-0.3, -0.25) is 4.79 Å². The van der Waals surface area contributed by atoms with Crippen molar-refractivity contribution in [3.63, 3.8) is 0 Å². The van der Waals surface area contributed by atoms with Gasteiger partial charge >= 0.3 is 5.97 Å². The molecule has 0 heterocycles. The monoisotopic (exact) mass is 290 g/mol. The van der Waals surface area contributed by atoms with Crippen LogP contribution in [0.5, 0.6) is 0 Å². The van der Waals surface area contributed by atoms with Crippen LogP contribution in [0.15, 0.2) is 0 Å². The maximum absolute atomic E-state index is 11.3. The fourth-order valence-electron chi connectivity index (χ4n) is 1.92. The highest BCUT2D eigenvalue weighted by Crippen LogP contribution is 2.11. The van der Waals surface area contributed by atoms with Gasteiger partial charge in [0.25, 0.3) is 0 Å². The van der Waals surface area contributed by atoms with E-state index in [4.69, 9.17) is 14.9 Å². The SMILES string of the molecule is CCCCCCC[C@H](O)CCCC(=O)OC[C@@H](O)CO. The predicted octanol–water partition coefficient (Wildman–Crippen LogP) is 1.77. The molecule has 0 aromatic heterocycles. The Hall–Kier alpha value is -0.650. The van der Waals surface area contributed by atoms with E-state index in [-0.39, 0.29) is 19.1 Å². The predicted molar refractivity (Wildman–Crippen MR) is 77.3 cm³/mol. The Bertz CT molecular complexity index is 232. The van der Waals surface area contributed by atoms with Gasteiger partial charge in [0, 0.05) is 6.42 Å². The summed E-state index contributed by atoms with van der Waals surface area (Å²) in [5, 5.41) is 27.3. The van der Waals surface area contributed by atoms with Gasteiger partial charge in [-0.1, -0.05) is 39.0 Å². The first-order valence-electron chi connectivity index (χ1n) is 7.72. The third-order valence-corrected chi connectivity index (χ3v) is 3.21. The van der Waals surface area contributed by atoms with Crippen molar-refractivity contribution in [1.29, 1.82) is 0 Å². The summed E-state index contributed by atoms with van der Waals surface area (Å²) >= 11 is 0. The van der Waals surface area contributed by atoms with Crippen molar-refractivity contribution in [2.75, 3.05) is 13.2 Å². The lowest BCUT2D eigenvalue weighted by Gasteiger charge is -2.11. The van der Waals surface area contributed by atoms with Crippen molar-refractivity contribution in [2.24, 2.45) is 0 Å². The number of carbonyl (C=O) groups excluding carboxylic acids is 1. The summed E-state index contributed by atoms with van der Waals surface area (Å²) in [4.78, 5) is 11.3. The Kier molecular flexibility index (Phi) is 12.9.